The molecule has 1 atom stereocenters. The first-order valence-electron chi connectivity index (χ1n) is 3.18. The summed E-state index contributed by atoms with van der Waals surface area (Å²) in [6.45, 7) is 3.67. The second kappa shape index (κ2) is 5.04. The maximum Gasteiger partial charge on any atom is 0.138 e. The molecule has 1 N–H and O–H groups in total. The number of rotatable bonds is 4. The molecule has 0 aliphatic carbocycles. The van der Waals surface area contributed by atoms with Crippen molar-refractivity contribution in [3.63, 3.8) is 0 Å². The standard InChI is InChI=1S/C6H14FN/c1-3-5-8(2)6-4-7/h3-6H2,1-2H3/p+1. The first-order valence-corrected chi connectivity index (χ1v) is 3.18. The van der Waals surface area contributed by atoms with Gasteiger partial charge in [-0.15, -0.1) is 0 Å². The third kappa shape index (κ3) is 4.06. The normalized spacial score (nSPS) is 13.9. The Bertz CT molecular complexity index is 41.8. The Balaban J connectivity index is 2.92. The number of quaternary nitrogens is 1. The predicted octanol–water partition coefficient (Wildman–Crippen LogP) is -0.119. The average molecular weight is 120 g/mol. The highest BCUT2D eigenvalue weighted by molar-refractivity contribution is 4.21. The lowest BCUT2D eigenvalue weighted by Crippen LogP contribution is -3.09. The quantitative estimate of drug-likeness (QED) is 0.527. The molecule has 0 heterocycles. The van der Waals surface area contributed by atoms with E-state index in [1.54, 1.807) is 0 Å². The topological polar surface area (TPSA) is 4.44 Å². The van der Waals surface area contributed by atoms with Crippen molar-refractivity contribution < 1.29 is 9.29 Å². The van der Waals surface area contributed by atoms with Gasteiger partial charge >= 0.3 is 0 Å². The molecule has 2 heteroatoms. The van der Waals surface area contributed by atoms with Gasteiger partial charge in [0.1, 0.15) is 13.2 Å². The van der Waals surface area contributed by atoms with Crippen LogP contribution in [0.15, 0.2) is 0 Å². The third-order valence-electron chi connectivity index (χ3n) is 1.20. The van der Waals surface area contributed by atoms with Gasteiger partial charge < -0.3 is 4.90 Å². The van der Waals surface area contributed by atoms with Crippen molar-refractivity contribution in [3.05, 3.63) is 0 Å². The molecule has 50 valence electrons. The molecule has 0 amide bonds. The lowest BCUT2D eigenvalue weighted by atomic mass is 10.4. The Hall–Kier alpha value is -0.110. The van der Waals surface area contributed by atoms with Crippen molar-refractivity contribution in [3.8, 4) is 0 Å². The fraction of sp³-hybridized carbons (Fsp3) is 1.00. The molecule has 8 heavy (non-hydrogen) atoms. The number of hydrogen-bond acceptors (Lipinski definition) is 0. The van der Waals surface area contributed by atoms with Crippen LogP contribution in [0.25, 0.3) is 0 Å². The van der Waals surface area contributed by atoms with Gasteiger partial charge in [-0.3, -0.25) is 0 Å². The summed E-state index contributed by atoms with van der Waals surface area (Å²) in [4.78, 5) is 1.29. The van der Waals surface area contributed by atoms with Crippen LogP contribution in [0.5, 0.6) is 0 Å². The second-order valence-corrected chi connectivity index (χ2v) is 2.15. The van der Waals surface area contributed by atoms with Gasteiger partial charge in [0.25, 0.3) is 0 Å². The van der Waals surface area contributed by atoms with Crippen LogP contribution < -0.4 is 4.90 Å². The second-order valence-electron chi connectivity index (χ2n) is 2.15. The largest absolute Gasteiger partial charge is 0.335 e. The van der Waals surface area contributed by atoms with Crippen LogP contribution >= 0.6 is 0 Å². The zero-order valence-corrected chi connectivity index (χ0v) is 5.71. The van der Waals surface area contributed by atoms with Gasteiger partial charge in [0.2, 0.25) is 0 Å². The van der Waals surface area contributed by atoms with Crippen LogP contribution in [0, 0.1) is 0 Å². The first kappa shape index (κ1) is 7.89. The summed E-state index contributed by atoms with van der Waals surface area (Å²) in [6, 6.07) is 0. The Morgan fingerprint density at radius 2 is 2.00 bits per heavy atom. The molecule has 0 aromatic heterocycles. The fourth-order valence-electron chi connectivity index (χ4n) is 0.713. The van der Waals surface area contributed by atoms with Gasteiger partial charge in [-0.25, -0.2) is 4.39 Å². The summed E-state index contributed by atoms with van der Waals surface area (Å²) in [5, 5.41) is 0. The summed E-state index contributed by atoms with van der Waals surface area (Å²) in [6.07, 6.45) is 1.14. The Labute approximate surface area is 50.5 Å². The van der Waals surface area contributed by atoms with E-state index < -0.39 is 0 Å². The van der Waals surface area contributed by atoms with E-state index in [-0.39, 0.29) is 6.67 Å². The highest BCUT2D eigenvalue weighted by Crippen LogP contribution is 1.62. The molecule has 0 aromatic carbocycles. The molecule has 1 nitrogen and oxygen atoms in total. The third-order valence-corrected chi connectivity index (χ3v) is 1.20. The van der Waals surface area contributed by atoms with Crippen LogP contribution in [-0.4, -0.2) is 26.8 Å². The van der Waals surface area contributed by atoms with E-state index in [4.69, 9.17) is 0 Å². The van der Waals surface area contributed by atoms with Gasteiger partial charge in [-0.05, 0) is 6.42 Å². The van der Waals surface area contributed by atoms with Crippen molar-refractivity contribution in [1.29, 1.82) is 0 Å². The molecule has 0 aliphatic rings. The van der Waals surface area contributed by atoms with E-state index in [1.807, 2.05) is 7.05 Å². The molecular weight excluding hydrogens is 105 g/mol. The maximum absolute atomic E-state index is 11.5. The Morgan fingerprint density at radius 1 is 1.38 bits per heavy atom. The molecule has 0 saturated heterocycles. The summed E-state index contributed by atoms with van der Waals surface area (Å²) in [5.74, 6) is 0. The van der Waals surface area contributed by atoms with E-state index >= 15 is 0 Å². The maximum atomic E-state index is 11.5. The Morgan fingerprint density at radius 3 is 2.38 bits per heavy atom. The molecule has 0 saturated carbocycles. The first-order chi connectivity index (χ1) is 3.81. The van der Waals surface area contributed by atoms with Gasteiger partial charge in [0, 0.05) is 0 Å². The predicted molar refractivity (Wildman–Crippen MR) is 32.9 cm³/mol. The van der Waals surface area contributed by atoms with Gasteiger partial charge in [0.05, 0.1) is 13.6 Å². The van der Waals surface area contributed by atoms with E-state index in [2.05, 4.69) is 6.92 Å². The van der Waals surface area contributed by atoms with E-state index in [1.165, 1.54) is 4.90 Å². The zero-order valence-electron chi connectivity index (χ0n) is 5.71. The highest BCUT2D eigenvalue weighted by Gasteiger charge is 1.95. The molecule has 0 fully saturated rings. The molecule has 1 unspecified atom stereocenters. The van der Waals surface area contributed by atoms with Crippen molar-refractivity contribution in [2.45, 2.75) is 13.3 Å². The lowest BCUT2D eigenvalue weighted by Gasteiger charge is -2.08. The molecule has 0 rings (SSSR count). The summed E-state index contributed by atoms with van der Waals surface area (Å²) >= 11 is 0. The van der Waals surface area contributed by atoms with Crippen molar-refractivity contribution in [1.82, 2.24) is 0 Å². The summed E-state index contributed by atoms with van der Waals surface area (Å²) < 4.78 is 11.5. The average Bonchev–Trinajstić information content (AvgIpc) is 1.68. The number of halogens is 1. The fourth-order valence-corrected chi connectivity index (χ4v) is 0.713. The minimum Gasteiger partial charge on any atom is -0.335 e. The summed E-state index contributed by atoms with van der Waals surface area (Å²) in [7, 11) is 2.02. The molecule has 0 radical (unpaired) electrons. The zero-order chi connectivity index (χ0) is 6.41. The molecule has 0 aliphatic heterocycles. The van der Waals surface area contributed by atoms with E-state index in [0.29, 0.717) is 6.54 Å². The van der Waals surface area contributed by atoms with Gasteiger partial charge in [-0.1, -0.05) is 6.92 Å². The van der Waals surface area contributed by atoms with Gasteiger partial charge in [-0.2, -0.15) is 0 Å². The van der Waals surface area contributed by atoms with Gasteiger partial charge in [0.15, 0.2) is 0 Å². The van der Waals surface area contributed by atoms with Crippen LogP contribution in [0.3, 0.4) is 0 Å². The van der Waals surface area contributed by atoms with Crippen LogP contribution in [0.4, 0.5) is 4.39 Å². The number of hydrogen-bond donors (Lipinski definition) is 1. The SMILES string of the molecule is CCC[NH+](C)CCF. The molecule has 0 bridgehead atoms. The van der Waals surface area contributed by atoms with Crippen molar-refractivity contribution in [2.24, 2.45) is 0 Å². The monoisotopic (exact) mass is 120 g/mol. The van der Waals surface area contributed by atoms with Crippen LogP contribution in [0.2, 0.25) is 0 Å². The van der Waals surface area contributed by atoms with Crippen LogP contribution in [0.1, 0.15) is 13.3 Å². The number of nitrogens with one attached hydrogen (secondary N) is 1. The van der Waals surface area contributed by atoms with E-state index in [0.717, 1.165) is 13.0 Å². The van der Waals surface area contributed by atoms with Crippen molar-refractivity contribution in [2.75, 3.05) is 26.8 Å². The number of alkyl halides is 1. The van der Waals surface area contributed by atoms with Crippen molar-refractivity contribution >= 4 is 0 Å². The molecule has 0 aromatic rings. The minimum absolute atomic E-state index is 0.189. The summed E-state index contributed by atoms with van der Waals surface area (Å²) in [5.41, 5.74) is 0. The van der Waals surface area contributed by atoms with E-state index in [9.17, 15) is 4.39 Å². The Kier molecular flexibility index (Phi) is 4.97. The lowest BCUT2D eigenvalue weighted by molar-refractivity contribution is -0.879. The smallest absolute Gasteiger partial charge is 0.138 e. The molecular formula is C6H15FN+. The highest BCUT2D eigenvalue weighted by atomic mass is 19.1. The van der Waals surface area contributed by atoms with Crippen LogP contribution in [-0.2, 0) is 0 Å². The minimum atomic E-state index is -0.189. The molecule has 0 spiro atoms.